The molecule has 1 N–H and O–H groups in total. The van der Waals surface area contributed by atoms with E-state index in [0.717, 1.165) is 15.6 Å². The van der Waals surface area contributed by atoms with E-state index in [1.54, 1.807) is 0 Å². The van der Waals surface area contributed by atoms with Gasteiger partial charge in [-0.15, -0.1) is 15.0 Å². The van der Waals surface area contributed by atoms with Crippen LogP contribution in [0.15, 0.2) is 53.0 Å². The van der Waals surface area contributed by atoms with Crippen LogP contribution in [0.3, 0.4) is 0 Å². The van der Waals surface area contributed by atoms with Gasteiger partial charge in [-0.25, -0.2) is 0 Å². The average molecular weight is 331 g/mol. The minimum Gasteiger partial charge on any atom is -0.392 e. The number of benzene rings is 2. The SMILES string of the molecule is OCc1cc(Br)ccc1-n1nnc(-c2ccccc2)n1. The topological polar surface area (TPSA) is 63.8 Å². The molecule has 0 saturated carbocycles. The molecule has 1 heterocycles. The monoisotopic (exact) mass is 330 g/mol. The summed E-state index contributed by atoms with van der Waals surface area (Å²) in [5.74, 6) is 0.553. The molecule has 0 bridgehead atoms. The molecular weight excluding hydrogens is 320 g/mol. The summed E-state index contributed by atoms with van der Waals surface area (Å²) in [7, 11) is 0. The van der Waals surface area contributed by atoms with Crippen molar-refractivity contribution in [1.82, 2.24) is 20.2 Å². The van der Waals surface area contributed by atoms with Crippen LogP contribution >= 0.6 is 15.9 Å². The van der Waals surface area contributed by atoms with Crippen LogP contribution in [0.1, 0.15) is 5.56 Å². The van der Waals surface area contributed by atoms with Crippen molar-refractivity contribution in [1.29, 1.82) is 0 Å². The second-order valence-corrected chi connectivity index (χ2v) is 5.12. The van der Waals surface area contributed by atoms with Gasteiger partial charge in [0.1, 0.15) is 0 Å². The van der Waals surface area contributed by atoms with E-state index >= 15 is 0 Å². The molecule has 6 heteroatoms. The summed E-state index contributed by atoms with van der Waals surface area (Å²) < 4.78 is 0.897. The van der Waals surface area contributed by atoms with Gasteiger partial charge in [-0.2, -0.15) is 0 Å². The lowest BCUT2D eigenvalue weighted by Crippen LogP contribution is -2.03. The molecule has 0 amide bonds. The Morgan fingerprint density at radius 1 is 1.10 bits per heavy atom. The maximum absolute atomic E-state index is 9.42. The molecular formula is C14H11BrN4O. The van der Waals surface area contributed by atoms with Gasteiger partial charge in [-0.3, -0.25) is 0 Å². The minimum atomic E-state index is -0.0863. The maximum Gasteiger partial charge on any atom is 0.205 e. The van der Waals surface area contributed by atoms with E-state index in [2.05, 4.69) is 31.3 Å². The lowest BCUT2D eigenvalue weighted by atomic mass is 10.2. The highest BCUT2D eigenvalue weighted by Crippen LogP contribution is 2.20. The molecule has 0 aliphatic heterocycles. The molecule has 5 nitrogen and oxygen atoms in total. The number of hydrogen-bond acceptors (Lipinski definition) is 4. The lowest BCUT2D eigenvalue weighted by molar-refractivity contribution is 0.281. The number of halogens is 1. The quantitative estimate of drug-likeness (QED) is 0.801. The van der Waals surface area contributed by atoms with Gasteiger partial charge in [0.2, 0.25) is 5.82 Å². The summed E-state index contributed by atoms with van der Waals surface area (Å²) in [5.41, 5.74) is 2.35. The molecule has 20 heavy (non-hydrogen) atoms. The standard InChI is InChI=1S/C14H11BrN4O/c15-12-6-7-13(11(8-12)9-20)19-17-14(16-18-19)10-4-2-1-3-5-10/h1-8,20H,9H2. The van der Waals surface area contributed by atoms with E-state index < -0.39 is 0 Å². The van der Waals surface area contributed by atoms with Crippen LogP contribution in [0, 0.1) is 0 Å². The number of rotatable bonds is 3. The molecule has 3 aromatic rings. The number of tetrazole rings is 1. The molecule has 1 aromatic heterocycles. The smallest absolute Gasteiger partial charge is 0.205 e. The van der Waals surface area contributed by atoms with E-state index in [1.165, 1.54) is 4.80 Å². The molecule has 3 rings (SSSR count). The van der Waals surface area contributed by atoms with Crippen LogP contribution in [0.5, 0.6) is 0 Å². The first kappa shape index (κ1) is 13.0. The lowest BCUT2D eigenvalue weighted by Gasteiger charge is -2.05. The first-order chi connectivity index (χ1) is 9.78. The first-order valence-corrected chi connectivity index (χ1v) is 6.82. The number of nitrogens with zero attached hydrogens (tertiary/aromatic N) is 4. The number of hydrogen-bond donors (Lipinski definition) is 1. The fourth-order valence-corrected chi connectivity index (χ4v) is 2.30. The average Bonchev–Trinajstić information content (AvgIpc) is 2.97. The van der Waals surface area contributed by atoms with E-state index in [4.69, 9.17) is 0 Å². The molecule has 0 spiro atoms. The zero-order valence-corrected chi connectivity index (χ0v) is 12.0. The molecule has 2 aromatic carbocycles. The van der Waals surface area contributed by atoms with E-state index in [9.17, 15) is 5.11 Å². The zero-order valence-electron chi connectivity index (χ0n) is 10.4. The Labute approximate surface area is 124 Å². The Balaban J connectivity index is 2.02. The summed E-state index contributed by atoms with van der Waals surface area (Å²) in [6, 6.07) is 15.2. The van der Waals surface area contributed by atoms with Crippen molar-refractivity contribution < 1.29 is 5.11 Å². The van der Waals surface area contributed by atoms with Crippen molar-refractivity contribution in [2.75, 3.05) is 0 Å². The van der Waals surface area contributed by atoms with E-state index in [1.807, 2.05) is 48.5 Å². The third-order valence-electron chi connectivity index (χ3n) is 2.87. The molecule has 0 fully saturated rings. The number of aliphatic hydroxyl groups excluding tert-OH is 1. The molecule has 0 atom stereocenters. The van der Waals surface area contributed by atoms with Gasteiger partial charge < -0.3 is 5.11 Å². The first-order valence-electron chi connectivity index (χ1n) is 6.03. The van der Waals surface area contributed by atoms with Crippen molar-refractivity contribution in [3.63, 3.8) is 0 Å². The molecule has 0 aliphatic carbocycles. The van der Waals surface area contributed by atoms with Gasteiger partial charge in [0.15, 0.2) is 0 Å². The number of aromatic nitrogens is 4. The summed E-state index contributed by atoms with van der Waals surface area (Å²) in [6.45, 7) is -0.0863. The normalized spacial score (nSPS) is 10.7. The Bertz CT molecular complexity index is 727. The van der Waals surface area contributed by atoms with Crippen LogP contribution in [0.2, 0.25) is 0 Å². The third kappa shape index (κ3) is 2.48. The van der Waals surface area contributed by atoms with Gasteiger partial charge in [0, 0.05) is 15.6 Å². The van der Waals surface area contributed by atoms with E-state index in [-0.39, 0.29) is 6.61 Å². The molecule has 0 aliphatic rings. The Kier molecular flexibility index (Phi) is 3.58. The van der Waals surface area contributed by atoms with Crippen LogP contribution in [-0.4, -0.2) is 25.3 Å². The van der Waals surface area contributed by atoms with Gasteiger partial charge in [-0.1, -0.05) is 46.3 Å². The van der Waals surface area contributed by atoms with Crippen molar-refractivity contribution >= 4 is 15.9 Å². The summed E-state index contributed by atoms with van der Waals surface area (Å²) in [5, 5.41) is 21.9. The molecule has 0 unspecified atom stereocenters. The molecule has 100 valence electrons. The largest absolute Gasteiger partial charge is 0.392 e. The van der Waals surface area contributed by atoms with Gasteiger partial charge in [-0.05, 0) is 23.4 Å². The predicted molar refractivity (Wildman–Crippen MR) is 78.2 cm³/mol. The van der Waals surface area contributed by atoms with Crippen LogP contribution in [0.25, 0.3) is 17.1 Å². The van der Waals surface area contributed by atoms with Crippen molar-refractivity contribution in [3.8, 4) is 17.1 Å². The number of aliphatic hydroxyl groups is 1. The summed E-state index contributed by atoms with van der Waals surface area (Å²) >= 11 is 3.37. The second-order valence-electron chi connectivity index (χ2n) is 4.20. The van der Waals surface area contributed by atoms with Crippen molar-refractivity contribution in [2.45, 2.75) is 6.61 Å². The highest BCUT2D eigenvalue weighted by Gasteiger charge is 2.10. The second kappa shape index (κ2) is 5.52. The fraction of sp³-hybridized carbons (Fsp3) is 0.0714. The Hall–Kier alpha value is -2.05. The Morgan fingerprint density at radius 3 is 2.65 bits per heavy atom. The van der Waals surface area contributed by atoms with Gasteiger partial charge in [0.25, 0.3) is 0 Å². The summed E-state index contributed by atoms with van der Waals surface area (Å²) in [4.78, 5) is 1.43. The molecule has 0 radical (unpaired) electrons. The highest BCUT2D eigenvalue weighted by atomic mass is 79.9. The third-order valence-corrected chi connectivity index (χ3v) is 3.37. The highest BCUT2D eigenvalue weighted by molar-refractivity contribution is 9.10. The van der Waals surface area contributed by atoms with Crippen molar-refractivity contribution in [3.05, 3.63) is 58.6 Å². The van der Waals surface area contributed by atoms with Crippen LogP contribution in [0.4, 0.5) is 0 Å². The maximum atomic E-state index is 9.42. The molecule has 0 saturated heterocycles. The van der Waals surface area contributed by atoms with Crippen LogP contribution < -0.4 is 0 Å². The van der Waals surface area contributed by atoms with Gasteiger partial charge >= 0.3 is 0 Å². The summed E-state index contributed by atoms with van der Waals surface area (Å²) in [6.07, 6.45) is 0. The predicted octanol–water partition coefficient (Wildman–Crippen LogP) is 2.58. The Morgan fingerprint density at radius 2 is 1.90 bits per heavy atom. The zero-order chi connectivity index (χ0) is 13.9. The van der Waals surface area contributed by atoms with E-state index in [0.29, 0.717) is 11.5 Å². The van der Waals surface area contributed by atoms with Gasteiger partial charge in [0.05, 0.1) is 12.3 Å². The minimum absolute atomic E-state index is 0.0863. The van der Waals surface area contributed by atoms with Crippen molar-refractivity contribution in [2.24, 2.45) is 0 Å². The fourth-order valence-electron chi connectivity index (χ4n) is 1.90. The van der Waals surface area contributed by atoms with Crippen LogP contribution in [-0.2, 0) is 6.61 Å².